The Hall–Kier alpha value is -2.37. The molecular formula is C17H24N4O2. The fraction of sp³-hybridized carbons (Fsp3) is 0.471. The Balaban J connectivity index is 2.22. The van der Waals surface area contributed by atoms with E-state index in [2.05, 4.69) is 10.4 Å². The average molecular weight is 316 g/mol. The molecule has 23 heavy (non-hydrogen) atoms. The summed E-state index contributed by atoms with van der Waals surface area (Å²) in [6.45, 7) is 11.2. The van der Waals surface area contributed by atoms with Crippen molar-refractivity contribution in [1.29, 1.82) is 0 Å². The maximum Gasteiger partial charge on any atom is 0.252 e. The van der Waals surface area contributed by atoms with Gasteiger partial charge in [0.05, 0.1) is 11.7 Å². The van der Waals surface area contributed by atoms with Crippen molar-refractivity contribution < 1.29 is 4.79 Å². The molecule has 124 valence electrons. The van der Waals surface area contributed by atoms with Crippen LogP contribution in [0.1, 0.15) is 54.1 Å². The van der Waals surface area contributed by atoms with E-state index in [0.717, 1.165) is 23.5 Å². The minimum atomic E-state index is -0.249. The number of nitrogens with one attached hydrogen (secondary N) is 1. The van der Waals surface area contributed by atoms with Crippen LogP contribution < -0.4 is 10.9 Å². The van der Waals surface area contributed by atoms with Crippen LogP contribution in [-0.4, -0.2) is 20.3 Å². The summed E-state index contributed by atoms with van der Waals surface area (Å²) in [5.41, 5.74) is 3.21. The van der Waals surface area contributed by atoms with Crippen LogP contribution in [0.25, 0.3) is 0 Å². The minimum Gasteiger partial charge on any atom is -0.345 e. The summed E-state index contributed by atoms with van der Waals surface area (Å²) >= 11 is 0. The Morgan fingerprint density at radius 1 is 1.30 bits per heavy atom. The highest BCUT2D eigenvalue weighted by atomic mass is 16.2. The number of carbonyl (C=O) groups is 1. The summed E-state index contributed by atoms with van der Waals surface area (Å²) in [5.74, 6) is -0.249. The van der Waals surface area contributed by atoms with Gasteiger partial charge >= 0.3 is 0 Å². The van der Waals surface area contributed by atoms with Crippen LogP contribution in [0.5, 0.6) is 0 Å². The van der Waals surface area contributed by atoms with E-state index in [1.54, 1.807) is 16.8 Å². The number of amides is 1. The summed E-state index contributed by atoms with van der Waals surface area (Å²) in [6.07, 6.45) is 1.65. The largest absolute Gasteiger partial charge is 0.345 e. The molecule has 1 amide bonds. The molecule has 0 saturated carbocycles. The van der Waals surface area contributed by atoms with Crippen LogP contribution >= 0.6 is 0 Å². The first kappa shape index (κ1) is 17.0. The van der Waals surface area contributed by atoms with E-state index in [0.29, 0.717) is 12.1 Å². The van der Waals surface area contributed by atoms with Gasteiger partial charge in [-0.05, 0) is 40.7 Å². The lowest BCUT2D eigenvalue weighted by atomic mass is 10.1. The highest BCUT2D eigenvalue weighted by Crippen LogP contribution is 2.21. The van der Waals surface area contributed by atoms with Crippen LogP contribution in [0.3, 0.4) is 0 Å². The standard InChI is InChI=1S/C17H24N4O2/c1-6-20-9-8-14(10-15(20)22)17(23)18-11(3)16-12(4)19-21(7-2)13(16)5/h8-11H,6-7H2,1-5H3,(H,18,23)/t11-/m1/s1. The lowest BCUT2D eigenvalue weighted by Crippen LogP contribution is -2.29. The predicted octanol–water partition coefficient (Wildman–Crippen LogP) is 2.19. The second-order valence-electron chi connectivity index (χ2n) is 5.64. The molecule has 0 bridgehead atoms. The molecule has 0 radical (unpaired) electrons. The molecule has 0 saturated heterocycles. The zero-order chi connectivity index (χ0) is 17.1. The number of pyridine rings is 1. The number of hydrogen-bond acceptors (Lipinski definition) is 3. The molecule has 2 rings (SSSR count). The third-order valence-corrected chi connectivity index (χ3v) is 4.12. The van der Waals surface area contributed by atoms with Crippen LogP contribution in [0.2, 0.25) is 0 Å². The van der Waals surface area contributed by atoms with Crippen molar-refractivity contribution >= 4 is 5.91 Å². The van der Waals surface area contributed by atoms with E-state index < -0.39 is 0 Å². The van der Waals surface area contributed by atoms with Crippen molar-refractivity contribution in [3.63, 3.8) is 0 Å². The third-order valence-electron chi connectivity index (χ3n) is 4.12. The molecular weight excluding hydrogens is 292 g/mol. The van der Waals surface area contributed by atoms with Crippen LogP contribution in [0.4, 0.5) is 0 Å². The molecule has 0 aliphatic rings. The van der Waals surface area contributed by atoms with Crippen molar-refractivity contribution in [2.45, 2.75) is 53.8 Å². The van der Waals surface area contributed by atoms with Crippen molar-refractivity contribution in [3.05, 3.63) is 51.2 Å². The van der Waals surface area contributed by atoms with Gasteiger partial charge in [-0.15, -0.1) is 0 Å². The van der Waals surface area contributed by atoms with Crippen LogP contribution in [0, 0.1) is 13.8 Å². The number of aromatic nitrogens is 3. The first-order chi connectivity index (χ1) is 10.9. The van der Waals surface area contributed by atoms with E-state index >= 15 is 0 Å². The molecule has 0 fully saturated rings. The van der Waals surface area contributed by atoms with E-state index in [1.807, 2.05) is 39.3 Å². The van der Waals surface area contributed by atoms with Gasteiger partial charge < -0.3 is 9.88 Å². The number of rotatable bonds is 5. The van der Waals surface area contributed by atoms with E-state index in [9.17, 15) is 9.59 Å². The van der Waals surface area contributed by atoms with Gasteiger partial charge in [0.15, 0.2) is 0 Å². The van der Waals surface area contributed by atoms with Gasteiger partial charge in [-0.2, -0.15) is 5.10 Å². The lowest BCUT2D eigenvalue weighted by Gasteiger charge is -2.15. The molecule has 2 aromatic heterocycles. The normalized spacial score (nSPS) is 12.2. The van der Waals surface area contributed by atoms with Crippen molar-refractivity contribution in [2.24, 2.45) is 0 Å². The predicted molar refractivity (Wildman–Crippen MR) is 89.6 cm³/mol. The Kier molecular flexibility index (Phi) is 5.03. The molecule has 2 aromatic rings. The summed E-state index contributed by atoms with van der Waals surface area (Å²) < 4.78 is 3.48. The second kappa shape index (κ2) is 6.81. The molecule has 0 spiro atoms. The highest BCUT2D eigenvalue weighted by molar-refractivity contribution is 5.94. The minimum absolute atomic E-state index is 0.168. The number of aryl methyl sites for hydroxylation is 3. The Morgan fingerprint density at radius 3 is 2.52 bits per heavy atom. The molecule has 0 aromatic carbocycles. The quantitative estimate of drug-likeness (QED) is 0.919. The van der Waals surface area contributed by atoms with Crippen molar-refractivity contribution in [3.8, 4) is 0 Å². The van der Waals surface area contributed by atoms with Gasteiger partial charge in [0.2, 0.25) is 0 Å². The highest BCUT2D eigenvalue weighted by Gasteiger charge is 2.19. The zero-order valence-corrected chi connectivity index (χ0v) is 14.4. The summed E-state index contributed by atoms with van der Waals surface area (Å²) in [4.78, 5) is 24.2. The van der Waals surface area contributed by atoms with Gasteiger partial charge in [0, 0.05) is 42.2 Å². The third kappa shape index (κ3) is 3.36. The van der Waals surface area contributed by atoms with E-state index in [1.165, 1.54) is 6.07 Å². The monoisotopic (exact) mass is 316 g/mol. The summed E-state index contributed by atoms with van der Waals surface area (Å²) in [5, 5.41) is 7.43. The Labute approximate surface area is 136 Å². The molecule has 1 atom stereocenters. The molecule has 6 heteroatoms. The molecule has 0 unspecified atom stereocenters. The molecule has 0 aliphatic heterocycles. The van der Waals surface area contributed by atoms with Crippen LogP contribution in [0.15, 0.2) is 23.1 Å². The topological polar surface area (TPSA) is 68.9 Å². The van der Waals surface area contributed by atoms with Crippen LogP contribution in [-0.2, 0) is 13.1 Å². The second-order valence-corrected chi connectivity index (χ2v) is 5.64. The zero-order valence-electron chi connectivity index (χ0n) is 14.4. The maximum absolute atomic E-state index is 12.4. The lowest BCUT2D eigenvalue weighted by molar-refractivity contribution is 0.0939. The van der Waals surface area contributed by atoms with Gasteiger partial charge in [-0.25, -0.2) is 0 Å². The molecule has 2 heterocycles. The van der Waals surface area contributed by atoms with E-state index in [4.69, 9.17) is 0 Å². The summed E-state index contributed by atoms with van der Waals surface area (Å²) in [7, 11) is 0. The van der Waals surface area contributed by atoms with Gasteiger partial charge in [-0.3, -0.25) is 14.3 Å². The fourth-order valence-electron chi connectivity index (χ4n) is 2.91. The SMILES string of the molecule is CCn1nc(C)c([C@@H](C)NC(=O)c2ccn(CC)c(=O)c2)c1C. The van der Waals surface area contributed by atoms with Crippen molar-refractivity contribution in [2.75, 3.05) is 0 Å². The maximum atomic E-state index is 12.4. The molecule has 0 aliphatic carbocycles. The van der Waals surface area contributed by atoms with Gasteiger partial charge in [0.1, 0.15) is 0 Å². The number of nitrogens with zero attached hydrogens (tertiary/aromatic N) is 3. The summed E-state index contributed by atoms with van der Waals surface area (Å²) in [6, 6.07) is 2.87. The molecule has 1 N–H and O–H groups in total. The average Bonchev–Trinajstić information content (AvgIpc) is 2.81. The first-order valence-corrected chi connectivity index (χ1v) is 7.94. The first-order valence-electron chi connectivity index (χ1n) is 7.94. The van der Waals surface area contributed by atoms with Gasteiger partial charge in [-0.1, -0.05) is 0 Å². The smallest absolute Gasteiger partial charge is 0.252 e. The Morgan fingerprint density at radius 2 is 2.00 bits per heavy atom. The Bertz CT molecular complexity index is 773. The molecule has 6 nitrogen and oxygen atoms in total. The fourth-order valence-corrected chi connectivity index (χ4v) is 2.91. The van der Waals surface area contributed by atoms with E-state index in [-0.39, 0.29) is 17.5 Å². The van der Waals surface area contributed by atoms with Crippen molar-refractivity contribution in [1.82, 2.24) is 19.7 Å². The number of hydrogen-bond donors (Lipinski definition) is 1. The van der Waals surface area contributed by atoms with Gasteiger partial charge in [0.25, 0.3) is 11.5 Å². The number of carbonyl (C=O) groups excluding carboxylic acids is 1.